The van der Waals surface area contributed by atoms with Crippen LogP contribution in [0.3, 0.4) is 0 Å². The third-order valence-electron chi connectivity index (χ3n) is 3.22. The second kappa shape index (κ2) is 3.76. The maximum atomic E-state index is 13.1. The molecule has 1 aliphatic carbocycles. The summed E-state index contributed by atoms with van der Waals surface area (Å²) < 4.78 is 36.2. The van der Waals surface area contributed by atoms with Crippen LogP contribution in [0.1, 0.15) is 11.5 Å². The van der Waals surface area contributed by atoms with Crippen molar-refractivity contribution in [1.82, 2.24) is 0 Å². The molecule has 5 nitrogen and oxygen atoms in total. The average molecular weight is 273 g/mol. The summed E-state index contributed by atoms with van der Waals surface area (Å²) >= 11 is 0. The van der Waals surface area contributed by atoms with Gasteiger partial charge in [0.15, 0.2) is 9.84 Å². The number of hydrogen-bond acceptors (Lipinski definition) is 4. The normalized spacial score (nSPS) is 31.1. The standard InChI is InChI=1S/C11H12FNO4S/c1-18(16,17)9-8(11(9,13)10(14)15)6-3-2-4-7(12)5-6/h2-5,8-9H,13H2,1H3,(H,14,15). The second-order valence-electron chi connectivity index (χ2n) is 4.52. The third kappa shape index (κ3) is 1.79. The predicted octanol–water partition coefficient (Wildman–Crippen LogP) is 0.118. The van der Waals surface area contributed by atoms with Crippen molar-refractivity contribution < 1.29 is 22.7 Å². The lowest BCUT2D eigenvalue weighted by molar-refractivity contribution is -0.139. The highest BCUT2D eigenvalue weighted by molar-refractivity contribution is 7.91. The van der Waals surface area contributed by atoms with Crippen molar-refractivity contribution in [3.05, 3.63) is 35.6 Å². The highest BCUT2D eigenvalue weighted by Crippen LogP contribution is 2.54. The Hall–Kier alpha value is -1.47. The zero-order valence-electron chi connectivity index (χ0n) is 9.50. The molecule has 0 saturated heterocycles. The first-order valence-electron chi connectivity index (χ1n) is 5.15. The molecule has 98 valence electrons. The maximum Gasteiger partial charge on any atom is 0.325 e. The van der Waals surface area contributed by atoms with Crippen LogP contribution in [0.5, 0.6) is 0 Å². The van der Waals surface area contributed by atoms with Gasteiger partial charge in [0.05, 0.1) is 5.25 Å². The molecule has 0 radical (unpaired) electrons. The predicted molar refractivity (Wildman–Crippen MR) is 62.3 cm³/mol. The fraction of sp³-hybridized carbons (Fsp3) is 0.364. The van der Waals surface area contributed by atoms with Gasteiger partial charge in [-0.25, -0.2) is 12.8 Å². The topological polar surface area (TPSA) is 97.5 Å². The van der Waals surface area contributed by atoms with E-state index < -0.39 is 38.3 Å². The van der Waals surface area contributed by atoms with Crippen LogP contribution in [-0.2, 0) is 14.6 Å². The number of carboxylic acid groups (broad SMARTS) is 1. The fourth-order valence-electron chi connectivity index (χ4n) is 2.38. The number of halogens is 1. The van der Waals surface area contributed by atoms with Gasteiger partial charge in [0.2, 0.25) is 0 Å². The van der Waals surface area contributed by atoms with E-state index in [0.29, 0.717) is 0 Å². The van der Waals surface area contributed by atoms with Crippen LogP contribution in [0.15, 0.2) is 24.3 Å². The number of hydrogen-bond donors (Lipinski definition) is 2. The minimum atomic E-state index is -3.62. The number of nitrogens with two attached hydrogens (primary N) is 1. The van der Waals surface area contributed by atoms with E-state index in [1.54, 1.807) is 0 Å². The molecule has 2 rings (SSSR count). The van der Waals surface area contributed by atoms with E-state index in [1.165, 1.54) is 18.2 Å². The molecule has 7 heteroatoms. The molecule has 0 aliphatic heterocycles. The maximum absolute atomic E-state index is 13.1. The Labute approximate surface area is 103 Å². The van der Waals surface area contributed by atoms with Gasteiger partial charge in [-0.1, -0.05) is 12.1 Å². The van der Waals surface area contributed by atoms with E-state index >= 15 is 0 Å². The average Bonchev–Trinajstić information content (AvgIpc) is 2.86. The van der Waals surface area contributed by atoms with Crippen LogP contribution in [0.25, 0.3) is 0 Å². The van der Waals surface area contributed by atoms with Crippen LogP contribution < -0.4 is 5.73 Å². The lowest BCUT2D eigenvalue weighted by Gasteiger charge is -2.04. The van der Waals surface area contributed by atoms with Gasteiger partial charge in [0.1, 0.15) is 11.4 Å². The van der Waals surface area contributed by atoms with Crippen molar-refractivity contribution in [3.8, 4) is 0 Å². The Kier molecular flexibility index (Phi) is 2.71. The fourth-order valence-corrected chi connectivity index (χ4v) is 4.14. The number of carboxylic acids is 1. The first-order chi connectivity index (χ1) is 8.19. The third-order valence-corrected chi connectivity index (χ3v) is 4.80. The van der Waals surface area contributed by atoms with E-state index in [1.807, 2.05) is 0 Å². The van der Waals surface area contributed by atoms with Crippen molar-refractivity contribution in [2.24, 2.45) is 5.73 Å². The van der Waals surface area contributed by atoms with Crippen LogP contribution in [-0.4, -0.2) is 36.5 Å². The van der Waals surface area contributed by atoms with E-state index in [4.69, 9.17) is 10.8 Å². The minimum Gasteiger partial charge on any atom is -0.480 e. The van der Waals surface area contributed by atoms with Crippen LogP contribution >= 0.6 is 0 Å². The van der Waals surface area contributed by atoms with E-state index in [-0.39, 0.29) is 5.56 Å². The van der Waals surface area contributed by atoms with Gasteiger partial charge in [0, 0.05) is 12.2 Å². The number of carbonyl (C=O) groups is 1. The first kappa shape index (κ1) is 13.0. The zero-order valence-corrected chi connectivity index (χ0v) is 10.3. The van der Waals surface area contributed by atoms with Gasteiger partial charge >= 0.3 is 5.97 Å². The summed E-state index contributed by atoms with van der Waals surface area (Å²) in [4.78, 5) is 11.1. The second-order valence-corrected chi connectivity index (χ2v) is 6.69. The molecule has 3 unspecified atom stereocenters. The van der Waals surface area contributed by atoms with Gasteiger partial charge in [0.25, 0.3) is 0 Å². The Bertz CT molecular complexity index is 615. The Balaban J connectivity index is 2.49. The lowest BCUT2D eigenvalue weighted by atomic mass is 10.1. The molecule has 0 aromatic heterocycles. The summed E-state index contributed by atoms with van der Waals surface area (Å²) in [6.45, 7) is 0. The molecule has 1 fully saturated rings. The van der Waals surface area contributed by atoms with Crippen molar-refractivity contribution >= 4 is 15.8 Å². The summed E-state index contributed by atoms with van der Waals surface area (Å²) in [5.41, 5.74) is 4.06. The highest BCUT2D eigenvalue weighted by atomic mass is 32.2. The molecule has 1 aromatic carbocycles. The first-order valence-corrected chi connectivity index (χ1v) is 7.11. The highest BCUT2D eigenvalue weighted by Gasteiger charge is 2.73. The monoisotopic (exact) mass is 273 g/mol. The van der Waals surface area contributed by atoms with Crippen molar-refractivity contribution in [2.75, 3.05) is 6.26 Å². The number of benzene rings is 1. The Morgan fingerprint density at radius 3 is 2.50 bits per heavy atom. The summed E-state index contributed by atoms with van der Waals surface area (Å²) in [6, 6.07) is 5.18. The van der Waals surface area contributed by atoms with E-state index in [0.717, 1.165) is 12.3 Å². The molecule has 0 heterocycles. The minimum absolute atomic E-state index is 0.287. The number of aliphatic carboxylic acids is 1. The number of sulfone groups is 1. The van der Waals surface area contributed by atoms with Gasteiger partial charge < -0.3 is 10.8 Å². The zero-order chi connectivity index (χ0) is 13.7. The molecule has 0 amide bonds. The van der Waals surface area contributed by atoms with Gasteiger partial charge in [-0.15, -0.1) is 0 Å². The molecular formula is C11H12FNO4S. The molecule has 18 heavy (non-hydrogen) atoms. The molecule has 1 aliphatic rings. The largest absolute Gasteiger partial charge is 0.480 e. The van der Waals surface area contributed by atoms with Crippen molar-refractivity contribution in [1.29, 1.82) is 0 Å². The summed E-state index contributed by atoms with van der Waals surface area (Å²) in [5.74, 6) is -2.87. The molecule has 0 spiro atoms. The lowest BCUT2D eigenvalue weighted by Crippen LogP contribution is -2.39. The van der Waals surface area contributed by atoms with Gasteiger partial charge in [-0.3, -0.25) is 4.79 Å². The Morgan fingerprint density at radius 2 is 2.11 bits per heavy atom. The summed E-state index contributed by atoms with van der Waals surface area (Å²) in [7, 11) is -3.62. The van der Waals surface area contributed by atoms with Gasteiger partial charge in [-0.05, 0) is 17.7 Å². The van der Waals surface area contributed by atoms with Crippen molar-refractivity contribution in [2.45, 2.75) is 16.7 Å². The molecule has 3 N–H and O–H groups in total. The smallest absolute Gasteiger partial charge is 0.325 e. The van der Waals surface area contributed by atoms with Crippen LogP contribution in [0.2, 0.25) is 0 Å². The molecule has 3 atom stereocenters. The Morgan fingerprint density at radius 1 is 1.50 bits per heavy atom. The molecule has 1 aromatic rings. The SMILES string of the molecule is CS(=O)(=O)C1C(c2cccc(F)c2)C1(N)C(=O)O. The molecule has 0 bridgehead atoms. The number of rotatable bonds is 3. The van der Waals surface area contributed by atoms with Crippen LogP contribution in [0, 0.1) is 5.82 Å². The summed E-state index contributed by atoms with van der Waals surface area (Å²) in [6.07, 6.45) is 0.932. The molecular weight excluding hydrogens is 261 g/mol. The quantitative estimate of drug-likeness (QED) is 0.815. The summed E-state index contributed by atoms with van der Waals surface area (Å²) in [5, 5.41) is 7.85. The van der Waals surface area contributed by atoms with Gasteiger partial charge in [-0.2, -0.15) is 0 Å². The van der Waals surface area contributed by atoms with Crippen LogP contribution in [0.4, 0.5) is 4.39 Å². The van der Waals surface area contributed by atoms with E-state index in [9.17, 15) is 17.6 Å². The van der Waals surface area contributed by atoms with Crippen molar-refractivity contribution in [3.63, 3.8) is 0 Å². The van der Waals surface area contributed by atoms with E-state index in [2.05, 4.69) is 0 Å². The molecule has 1 saturated carbocycles.